The van der Waals surface area contributed by atoms with Crippen LogP contribution >= 0.6 is 0 Å². The Morgan fingerprint density at radius 1 is 1.33 bits per heavy atom. The van der Waals surface area contributed by atoms with Gasteiger partial charge < -0.3 is 10.1 Å². The summed E-state index contributed by atoms with van der Waals surface area (Å²) in [7, 11) is 0. The van der Waals surface area contributed by atoms with Gasteiger partial charge in [-0.15, -0.1) is 0 Å². The predicted octanol–water partition coefficient (Wildman–Crippen LogP) is 2.22. The average molecular weight is 203 g/mol. The summed E-state index contributed by atoms with van der Waals surface area (Å²) >= 11 is 0. The lowest BCUT2D eigenvalue weighted by atomic mass is 10.0. The lowest BCUT2D eigenvalue weighted by Crippen LogP contribution is -2.21. The van der Waals surface area contributed by atoms with Crippen LogP contribution < -0.4 is 10.1 Å². The van der Waals surface area contributed by atoms with Crippen molar-refractivity contribution in [1.29, 1.82) is 0 Å². The molecule has 1 aromatic rings. The van der Waals surface area contributed by atoms with Gasteiger partial charge in [0.1, 0.15) is 12.4 Å². The number of ether oxygens (including phenoxy) is 1. The van der Waals surface area contributed by atoms with Crippen LogP contribution in [0.2, 0.25) is 0 Å². The molecule has 1 aliphatic carbocycles. The molecular weight excluding hydrogens is 186 g/mol. The van der Waals surface area contributed by atoms with Crippen molar-refractivity contribution in [3.05, 3.63) is 28.8 Å². The Morgan fingerprint density at radius 3 is 2.93 bits per heavy atom. The van der Waals surface area contributed by atoms with Gasteiger partial charge in [-0.1, -0.05) is 13.0 Å². The van der Waals surface area contributed by atoms with Crippen molar-refractivity contribution < 1.29 is 4.74 Å². The molecular formula is C13H17NO. The van der Waals surface area contributed by atoms with Crippen molar-refractivity contribution in [2.75, 3.05) is 13.2 Å². The molecule has 2 heteroatoms. The maximum atomic E-state index is 5.73. The van der Waals surface area contributed by atoms with E-state index in [9.17, 15) is 0 Å². The highest BCUT2D eigenvalue weighted by Crippen LogP contribution is 2.37. The summed E-state index contributed by atoms with van der Waals surface area (Å²) in [6.45, 7) is 3.95. The number of benzene rings is 1. The smallest absolute Gasteiger partial charge is 0.124 e. The van der Waals surface area contributed by atoms with Crippen LogP contribution in [0.15, 0.2) is 12.1 Å². The second-order valence-electron chi connectivity index (χ2n) is 4.43. The van der Waals surface area contributed by atoms with E-state index < -0.39 is 0 Å². The molecule has 0 saturated carbocycles. The Labute approximate surface area is 90.6 Å². The second-order valence-corrected chi connectivity index (χ2v) is 4.43. The molecule has 0 saturated heterocycles. The monoisotopic (exact) mass is 203 g/mol. The molecule has 1 aromatic carbocycles. The zero-order valence-corrected chi connectivity index (χ0v) is 9.18. The Morgan fingerprint density at radius 2 is 2.13 bits per heavy atom. The molecule has 1 N–H and O–H groups in total. The quantitative estimate of drug-likeness (QED) is 0.795. The number of hydrogen-bond donors (Lipinski definition) is 1. The maximum absolute atomic E-state index is 5.73. The summed E-state index contributed by atoms with van der Waals surface area (Å²) in [6, 6.07) is 5.03. The third-order valence-electron chi connectivity index (χ3n) is 3.46. The number of nitrogens with one attached hydrogen (secondary N) is 1. The van der Waals surface area contributed by atoms with Crippen LogP contribution in [-0.4, -0.2) is 13.2 Å². The van der Waals surface area contributed by atoms with Crippen molar-refractivity contribution in [3.8, 4) is 5.75 Å². The molecule has 2 aliphatic rings. The van der Waals surface area contributed by atoms with E-state index in [0.29, 0.717) is 6.04 Å². The molecule has 0 amide bonds. The van der Waals surface area contributed by atoms with E-state index >= 15 is 0 Å². The Bertz CT molecular complexity index is 386. The van der Waals surface area contributed by atoms with Gasteiger partial charge in [0.25, 0.3) is 0 Å². The molecule has 3 rings (SSSR count). The highest BCUT2D eigenvalue weighted by molar-refractivity contribution is 5.48. The van der Waals surface area contributed by atoms with Crippen LogP contribution in [0.25, 0.3) is 0 Å². The summed E-state index contributed by atoms with van der Waals surface area (Å²) in [5.41, 5.74) is 4.42. The Hall–Kier alpha value is -1.02. The van der Waals surface area contributed by atoms with E-state index in [0.717, 1.165) is 18.9 Å². The van der Waals surface area contributed by atoms with Crippen LogP contribution in [0.3, 0.4) is 0 Å². The van der Waals surface area contributed by atoms with Crippen LogP contribution in [0.5, 0.6) is 5.75 Å². The number of likely N-dealkylation sites (N-methyl/N-ethyl adjacent to an activating group) is 1. The van der Waals surface area contributed by atoms with Gasteiger partial charge in [-0.3, -0.25) is 0 Å². The number of rotatable bonds is 2. The number of fused-ring (bicyclic) bond motifs is 2. The van der Waals surface area contributed by atoms with Gasteiger partial charge in [0, 0.05) is 5.56 Å². The molecule has 0 fully saturated rings. The SMILES string of the molecule is CCNC1COc2cc3c(cc21)CCC3. The van der Waals surface area contributed by atoms with Gasteiger partial charge in [0.2, 0.25) is 0 Å². The lowest BCUT2D eigenvalue weighted by Gasteiger charge is -2.10. The van der Waals surface area contributed by atoms with E-state index in [1.54, 1.807) is 5.56 Å². The first kappa shape index (κ1) is 9.22. The maximum Gasteiger partial charge on any atom is 0.124 e. The fraction of sp³-hybridized carbons (Fsp3) is 0.538. The molecule has 0 radical (unpaired) electrons. The third-order valence-corrected chi connectivity index (χ3v) is 3.46. The van der Waals surface area contributed by atoms with Crippen LogP contribution in [-0.2, 0) is 12.8 Å². The molecule has 1 aliphatic heterocycles. The van der Waals surface area contributed by atoms with Crippen molar-refractivity contribution >= 4 is 0 Å². The zero-order chi connectivity index (χ0) is 10.3. The van der Waals surface area contributed by atoms with Crippen molar-refractivity contribution in [2.24, 2.45) is 0 Å². The van der Waals surface area contributed by atoms with Gasteiger partial charge in [0.05, 0.1) is 6.04 Å². The van der Waals surface area contributed by atoms with Crippen LogP contribution in [0.1, 0.15) is 36.1 Å². The molecule has 1 unspecified atom stereocenters. The van der Waals surface area contributed by atoms with Crippen LogP contribution in [0, 0.1) is 0 Å². The summed E-state index contributed by atoms with van der Waals surface area (Å²) < 4.78 is 5.73. The topological polar surface area (TPSA) is 21.3 Å². The predicted molar refractivity (Wildman–Crippen MR) is 60.4 cm³/mol. The molecule has 2 nitrogen and oxygen atoms in total. The standard InChI is InChI=1S/C13H17NO/c1-2-14-12-8-15-13-7-10-5-3-4-9(10)6-11(12)13/h6-7,12,14H,2-5,8H2,1H3. The number of hydrogen-bond acceptors (Lipinski definition) is 2. The minimum Gasteiger partial charge on any atom is -0.491 e. The largest absolute Gasteiger partial charge is 0.491 e. The molecule has 0 bridgehead atoms. The molecule has 15 heavy (non-hydrogen) atoms. The first-order chi connectivity index (χ1) is 7.38. The zero-order valence-electron chi connectivity index (χ0n) is 9.18. The van der Waals surface area contributed by atoms with Crippen LogP contribution in [0.4, 0.5) is 0 Å². The second kappa shape index (κ2) is 3.53. The molecule has 1 atom stereocenters. The van der Waals surface area contributed by atoms with E-state index in [1.807, 2.05) is 0 Å². The van der Waals surface area contributed by atoms with Gasteiger partial charge in [-0.05, 0) is 43.0 Å². The summed E-state index contributed by atoms with van der Waals surface area (Å²) in [6.07, 6.45) is 3.80. The first-order valence-corrected chi connectivity index (χ1v) is 5.90. The average Bonchev–Trinajstić information content (AvgIpc) is 2.82. The molecule has 0 spiro atoms. The van der Waals surface area contributed by atoms with E-state index in [1.165, 1.54) is 30.4 Å². The van der Waals surface area contributed by atoms with E-state index in [-0.39, 0.29) is 0 Å². The van der Waals surface area contributed by atoms with Crippen molar-refractivity contribution in [1.82, 2.24) is 5.32 Å². The first-order valence-electron chi connectivity index (χ1n) is 5.90. The molecule has 80 valence electrons. The van der Waals surface area contributed by atoms with Gasteiger partial charge >= 0.3 is 0 Å². The Balaban J connectivity index is 1.98. The lowest BCUT2D eigenvalue weighted by molar-refractivity contribution is 0.313. The van der Waals surface area contributed by atoms with E-state index in [2.05, 4.69) is 24.4 Å². The molecule has 0 aromatic heterocycles. The fourth-order valence-electron chi connectivity index (χ4n) is 2.70. The highest BCUT2D eigenvalue weighted by atomic mass is 16.5. The van der Waals surface area contributed by atoms with Gasteiger partial charge in [-0.2, -0.15) is 0 Å². The summed E-state index contributed by atoms with van der Waals surface area (Å²) in [5.74, 6) is 1.11. The normalized spacial score (nSPS) is 22.3. The summed E-state index contributed by atoms with van der Waals surface area (Å²) in [4.78, 5) is 0. The van der Waals surface area contributed by atoms with Crippen molar-refractivity contribution in [2.45, 2.75) is 32.2 Å². The third kappa shape index (κ3) is 1.44. The van der Waals surface area contributed by atoms with E-state index in [4.69, 9.17) is 4.74 Å². The molecule has 1 heterocycles. The highest BCUT2D eigenvalue weighted by Gasteiger charge is 2.26. The number of aryl methyl sites for hydroxylation is 2. The Kier molecular flexibility index (Phi) is 2.17. The van der Waals surface area contributed by atoms with Crippen molar-refractivity contribution in [3.63, 3.8) is 0 Å². The summed E-state index contributed by atoms with van der Waals surface area (Å²) in [5, 5.41) is 3.47. The minimum atomic E-state index is 0.413. The minimum absolute atomic E-state index is 0.413. The van der Waals surface area contributed by atoms with Gasteiger partial charge in [0.15, 0.2) is 0 Å². The fourth-order valence-corrected chi connectivity index (χ4v) is 2.70. The van der Waals surface area contributed by atoms with Gasteiger partial charge in [-0.25, -0.2) is 0 Å².